The fourth-order valence-electron chi connectivity index (χ4n) is 2.88. The summed E-state index contributed by atoms with van der Waals surface area (Å²) in [7, 11) is 0. The molecule has 1 amide bonds. The molecule has 1 aromatic carbocycles. The average Bonchev–Trinajstić information content (AvgIpc) is 2.53. The Hall–Kier alpha value is -1.39. The molecule has 122 valence electrons. The number of carbonyl (C=O) groups is 1. The Morgan fingerprint density at radius 3 is 2.50 bits per heavy atom. The van der Waals surface area contributed by atoms with E-state index in [1.807, 2.05) is 31.2 Å². The van der Waals surface area contributed by atoms with Crippen molar-refractivity contribution in [1.29, 1.82) is 0 Å². The van der Waals surface area contributed by atoms with E-state index >= 15 is 0 Å². The molecule has 0 spiro atoms. The summed E-state index contributed by atoms with van der Waals surface area (Å²) < 4.78 is 0. The summed E-state index contributed by atoms with van der Waals surface area (Å²) in [5, 5.41) is 3.00. The number of piperidine rings is 1. The lowest BCUT2D eigenvalue weighted by Gasteiger charge is -2.35. The standard InChI is InChI=1S/C18H29N3O/c1-13-4-6-16(7-5-13)17(19)18(22)20-12-15(3)21-10-8-14(2)9-11-21/h4-7,14-15,17H,8-12,19H2,1-3H3,(H,20,22). The molecule has 1 aliphatic rings. The molecular formula is C18H29N3O. The maximum atomic E-state index is 12.2. The van der Waals surface area contributed by atoms with Gasteiger partial charge in [-0.05, 0) is 51.3 Å². The van der Waals surface area contributed by atoms with Gasteiger partial charge in [-0.15, -0.1) is 0 Å². The van der Waals surface area contributed by atoms with E-state index < -0.39 is 6.04 Å². The molecule has 2 unspecified atom stereocenters. The van der Waals surface area contributed by atoms with Crippen molar-refractivity contribution < 1.29 is 4.79 Å². The molecule has 1 aliphatic heterocycles. The first-order chi connectivity index (χ1) is 10.5. The fraction of sp³-hybridized carbons (Fsp3) is 0.611. The van der Waals surface area contributed by atoms with Crippen molar-refractivity contribution in [3.63, 3.8) is 0 Å². The van der Waals surface area contributed by atoms with Crippen LogP contribution in [-0.2, 0) is 4.79 Å². The van der Waals surface area contributed by atoms with Gasteiger partial charge in [0.05, 0.1) is 0 Å². The molecule has 4 heteroatoms. The summed E-state index contributed by atoms with van der Waals surface area (Å²) in [6.07, 6.45) is 2.50. The summed E-state index contributed by atoms with van der Waals surface area (Å²) in [6, 6.07) is 7.60. The van der Waals surface area contributed by atoms with E-state index in [2.05, 4.69) is 24.1 Å². The van der Waals surface area contributed by atoms with Crippen molar-refractivity contribution in [3.8, 4) is 0 Å². The van der Waals surface area contributed by atoms with Crippen LogP contribution in [0.1, 0.15) is 43.9 Å². The van der Waals surface area contributed by atoms with Gasteiger partial charge in [0.25, 0.3) is 0 Å². The number of hydrogen-bond donors (Lipinski definition) is 2. The van der Waals surface area contributed by atoms with Gasteiger partial charge in [0.2, 0.25) is 5.91 Å². The second kappa shape index (κ2) is 7.75. The average molecular weight is 303 g/mol. The molecule has 3 N–H and O–H groups in total. The molecule has 0 aliphatic carbocycles. The van der Waals surface area contributed by atoms with Gasteiger partial charge in [-0.25, -0.2) is 0 Å². The third-order valence-electron chi connectivity index (χ3n) is 4.73. The van der Waals surface area contributed by atoms with E-state index in [0.29, 0.717) is 12.6 Å². The largest absolute Gasteiger partial charge is 0.353 e. The van der Waals surface area contributed by atoms with Crippen molar-refractivity contribution in [1.82, 2.24) is 10.2 Å². The Balaban J connectivity index is 1.80. The van der Waals surface area contributed by atoms with Crippen molar-refractivity contribution in [3.05, 3.63) is 35.4 Å². The van der Waals surface area contributed by atoms with Crippen molar-refractivity contribution in [2.24, 2.45) is 11.7 Å². The molecule has 1 aromatic rings. The van der Waals surface area contributed by atoms with Crippen LogP contribution in [-0.4, -0.2) is 36.5 Å². The zero-order chi connectivity index (χ0) is 16.1. The lowest BCUT2D eigenvalue weighted by atomic mass is 9.98. The van der Waals surface area contributed by atoms with Crippen molar-refractivity contribution >= 4 is 5.91 Å². The van der Waals surface area contributed by atoms with Gasteiger partial charge >= 0.3 is 0 Å². The number of amides is 1. The summed E-state index contributed by atoms with van der Waals surface area (Å²) in [4.78, 5) is 14.7. The minimum absolute atomic E-state index is 0.0962. The number of nitrogens with two attached hydrogens (primary N) is 1. The molecule has 4 nitrogen and oxygen atoms in total. The molecule has 0 radical (unpaired) electrons. The van der Waals surface area contributed by atoms with E-state index in [1.165, 1.54) is 18.4 Å². The first kappa shape index (κ1) is 17.0. The second-order valence-corrected chi connectivity index (χ2v) is 6.70. The summed E-state index contributed by atoms with van der Waals surface area (Å²) >= 11 is 0. The van der Waals surface area contributed by atoms with Gasteiger partial charge in [0, 0.05) is 12.6 Å². The molecule has 1 heterocycles. The lowest BCUT2D eigenvalue weighted by Crippen LogP contribution is -2.47. The quantitative estimate of drug-likeness (QED) is 0.877. The third-order valence-corrected chi connectivity index (χ3v) is 4.73. The highest BCUT2D eigenvalue weighted by Gasteiger charge is 2.22. The number of benzene rings is 1. The maximum Gasteiger partial charge on any atom is 0.241 e. The van der Waals surface area contributed by atoms with Crippen LogP contribution < -0.4 is 11.1 Å². The minimum Gasteiger partial charge on any atom is -0.353 e. The predicted molar refractivity (Wildman–Crippen MR) is 90.6 cm³/mol. The minimum atomic E-state index is -0.589. The van der Waals surface area contributed by atoms with Gasteiger partial charge in [0.15, 0.2) is 0 Å². The van der Waals surface area contributed by atoms with Crippen LogP contribution in [0.3, 0.4) is 0 Å². The molecule has 1 fully saturated rings. The van der Waals surface area contributed by atoms with Crippen LogP contribution in [0.25, 0.3) is 0 Å². The Morgan fingerprint density at radius 2 is 1.91 bits per heavy atom. The van der Waals surface area contributed by atoms with Crippen molar-refractivity contribution in [2.75, 3.05) is 19.6 Å². The van der Waals surface area contributed by atoms with Crippen LogP contribution in [0.2, 0.25) is 0 Å². The van der Waals surface area contributed by atoms with Crippen LogP contribution in [0.4, 0.5) is 0 Å². The number of aryl methyl sites for hydroxylation is 1. The summed E-state index contributed by atoms with van der Waals surface area (Å²) in [6.45, 7) is 9.42. The zero-order valence-electron chi connectivity index (χ0n) is 14.0. The SMILES string of the molecule is Cc1ccc(C(N)C(=O)NCC(C)N2CCC(C)CC2)cc1. The van der Waals surface area contributed by atoms with E-state index in [-0.39, 0.29) is 5.91 Å². The van der Waals surface area contributed by atoms with E-state index in [1.54, 1.807) is 0 Å². The number of nitrogens with one attached hydrogen (secondary N) is 1. The zero-order valence-corrected chi connectivity index (χ0v) is 14.0. The number of rotatable bonds is 5. The molecule has 0 bridgehead atoms. The highest BCUT2D eigenvalue weighted by atomic mass is 16.2. The van der Waals surface area contributed by atoms with Crippen LogP contribution in [0.5, 0.6) is 0 Å². The molecule has 22 heavy (non-hydrogen) atoms. The molecule has 1 saturated heterocycles. The number of likely N-dealkylation sites (tertiary alicyclic amines) is 1. The predicted octanol–water partition coefficient (Wildman–Crippen LogP) is 2.23. The number of hydrogen-bond acceptors (Lipinski definition) is 3. The Bertz CT molecular complexity index is 478. The van der Waals surface area contributed by atoms with Crippen LogP contribution in [0, 0.1) is 12.8 Å². The van der Waals surface area contributed by atoms with Gasteiger partial charge in [-0.3, -0.25) is 9.69 Å². The molecule has 2 rings (SSSR count). The lowest BCUT2D eigenvalue weighted by molar-refractivity contribution is -0.122. The van der Waals surface area contributed by atoms with Crippen LogP contribution >= 0.6 is 0 Å². The fourth-order valence-corrected chi connectivity index (χ4v) is 2.88. The Morgan fingerprint density at radius 1 is 1.32 bits per heavy atom. The smallest absolute Gasteiger partial charge is 0.241 e. The first-order valence-electron chi connectivity index (χ1n) is 8.31. The third kappa shape index (κ3) is 4.55. The van der Waals surface area contributed by atoms with Gasteiger partial charge in [-0.2, -0.15) is 0 Å². The summed E-state index contributed by atoms with van der Waals surface area (Å²) in [5.41, 5.74) is 8.08. The monoisotopic (exact) mass is 303 g/mol. The first-order valence-corrected chi connectivity index (χ1v) is 8.31. The van der Waals surface area contributed by atoms with Gasteiger partial charge in [-0.1, -0.05) is 36.8 Å². The maximum absolute atomic E-state index is 12.2. The molecular weight excluding hydrogens is 274 g/mol. The highest BCUT2D eigenvalue weighted by Crippen LogP contribution is 2.18. The van der Waals surface area contributed by atoms with Gasteiger partial charge in [0.1, 0.15) is 6.04 Å². The van der Waals surface area contributed by atoms with E-state index in [0.717, 1.165) is 24.6 Å². The van der Waals surface area contributed by atoms with Crippen LogP contribution in [0.15, 0.2) is 24.3 Å². The van der Waals surface area contributed by atoms with Crippen molar-refractivity contribution in [2.45, 2.75) is 45.7 Å². The van der Waals surface area contributed by atoms with Gasteiger partial charge < -0.3 is 11.1 Å². The molecule has 0 aromatic heterocycles. The second-order valence-electron chi connectivity index (χ2n) is 6.70. The van der Waals surface area contributed by atoms with E-state index in [4.69, 9.17) is 5.73 Å². The number of carbonyl (C=O) groups excluding carboxylic acids is 1. The Kier molecular flexibility index (Phi) is 5.98. The highest BCUT2D eigenvalue weighted by molar-refractivity contribution is 5.82. The topological polar surface area (TPSA) is 58.4 Å². The number of nitrogens with zero attached hydrogens (tertiary/aromatic N) is 1. The van der Waals surface area contributed by atoms with E-state index in [9.17, 15) is 4.79 Å². The normalized spacial score (nSPS) is 19.6. The molecule has 0 saturated carbocycles. The summed E-state index contributed by atoms with van der Waals surface area (Å²) in [5.74, 6) is 0.731. The molecule has 2 atom stereocenters. The Labute approximate surface area is 134 Å².